The largest absolute Gasteiger partial charge is 0.361 e. The molecule has 1 aromatic carbocycles. The lowest BCUT2D eigenvalue weighted by Gasteiger charge is -1.92. The molecule has 0 spiro atoms. The molecule has 0 aliphatic carbocycles. The van der Waals surface area contributed by atoms with Gasteiger partial charge in [-0.05, 0) is 29.2 Å². The van der Waals surface area contributed by atoms with Crippen molar-refractivity contribution >= 4 is 17.0 Å². The summed E-state index contributed by atoms with van der Waals surface area (Å²) in [5.41, 5.74) is 2.14. The first-order chi connectivity index (χ1) is 6.40. The second-order valence-electron chi connectivity index (χ2n) is 2.79. The molecule has 1 heterocycles. The first-order valence-electron chi connectivity index (χ1n) is 4.03. The number of benzene rings is 1. The van der Waals surface area contributed by atoms with Crippen LogP contribution in [0.3, 0.4) is 0 Å². The second kappa shape index (κ2) is 3.16. The molecular weight excluding hydrogens is 160 g/mol. The van der Waals surface area contributed by atoms with Gasteiger partial charge < -0.3 is 4.98 Å². The summed E-state index contributed by atoms with van der Waals surface area (Å²) in [6, 6.07) is 10.0. The van der Waals surface area contributed by atoms with Gasteiger partial charge in [-0.3, -0.25) is 0 Å². The highest BCUT2D eigenvalue weighted by Gasteiger charge is 1.93. The average Bonchev–Trinajstić information content (AvgIpc) is 2.61. The van der Waals surface area contributed by atoms with Gasteiger partial charge in [-0.25, -0.2) is 0 Å². The highest BCUT2D eigenvalue weighted by Crippen LogP contribution is 2.14. The molecule has 0 amide bonds. The predicted octanol–water partition coefficient (Wildman–Crippen LogP) is 2.70. The molecule has 2 aromatic rings. The molecule has 2 nitrogen and oxygen atoms in total. The van der Waals surface area contributed by atoms with Crippen LogP contribution in [0.5, 0.6) is 0 Å². The van der Waals surface area contributed by atoms with Gasteiger partial charge in [0, 0.05) is 17.8 Å². The fourth-order valence-corrected chi connectivity index (χ4v) is 1.30. The maximum absolute atomic E-state index is 8.36. The molecule has 0 fully saturated rings. The lowest BCUT2D eigenvalue weighted by atomic mass is 10.1. The Labute approximate surface area is 76.1 Å². The van der Waals surface area contributed by atoms with E-state index in [2.05, 4.69) is 4.98 Å². The van der Waals surface area contributed by atoms with Crippen LogP contribution in [0.15, 0.2) is 36.5 Å². The molecule has 1 N–H and O–H groups in total. The summed E-state index contributed by atoms with van der Waals surface area (Å²) in [6.07, 6.45) is 5.17. The minimum atomic E-state index is 1.04. The molecule has 13 heavy (non-hydrogen) atoms. The van der Waals surface area contributed by atoms with Gasteiger partial charge in [0.15, 0.2) is 0 Å². The number of nitriles is 1. The second-order valence-corrected chi connectivity index (χ2v) is 2.79. The van der Waals surface area contributed by atoms with E-state index in [1.165, 1.54) is 11.5 Å². The first-order valence-corrected chi connectivity index (χ1v) is 4.03. The Bertz CT molecular complexity index is 486. The summed E-state index contributed by atoms with van der Waals surface area (Å²) in [7, 11) is 0. The Kier molecular flexibility index (Phi) is 1.85. The summed E-state index contributed by atoms with van der Waals surface area (Å²) in [6.45, 7) is 0. The van der Waals surface area contributed by atoms with E-state index >= 15 is 0 Å². The zero-order chi connectivity index (χ0) is 9.10. The van der Waals surface area contributed by atoms with Crippen LogP contribution in [0.25, 0.3) is 17.0 Å². The molecule has 0 saturated carbocycles. The SMILES string of the molecule is N#CC=Cc1ccc2cc[nH]c2c1. The highest BCUT2D eigenvalue weighted by atomic mass is 14.7. The molecule has 0 aliphatic rings. The van der Waals surface area contributed by atoms with Crippen molar-refractivity contribution in [2.75, 3.05) is 0 Å². The van der Waals surface area contributed by atoms with Gasteiger partial charge in [0.2, 0.25) is 0 Å². The third-order valence-corrected chi connectivity index (χ3v) is 1.93. The number of nitrogens with zero attached hydrogens (tertiary/aromatic N) is 1. The summed E-state index contributed by atoms with van der Waals surface area (Å²) in [5, 5.41) is 9.55. The van der Waals surface area contributed by atoms with Crippen LogP contribution < -0.4 is 0 Å². The van der Waals surface area contributed by atoms with Crippen molar-refractivity contribution in [3.63, 3.8) is 0 Å². The number of hydrogen-bond acceptors (Lipinski definition) is 1. The molecule has 0 bridgehead atoms. The number of nitrogens with one attached hydrogen (secondary N) is 1. The monoisotopic (exact) mass is 168 g/mol. The van der Waals surface area contributed by atoms with Crippen LogP contribution in [-0.4, -0.2) is 4.98 Å². The quantitative estimate of drug-likeness (QED) is 0.653. The Morgan fingerprint density at radius 2 is 2.23 bits per heavy atom. The number of H-pyrrole nitrogens is 1. The van der Waals surface area contributed by atoms with Crippen LogP contribution in [0, 0.1) is 11.3 Å². The van der Waals surface area contributed by atoms with Crippen LogP contribution in [0.1, 0.15) is 5.56 Å². The van der Waals surface area contributed by atoms with E-state index in [0.29, 0.717) is 0 Å². The third-order valence-electron chi connectivity index (χ3n) is 1.93. The lowest BCUT2D eigenvalue weighted by molar-refractivity contribution is 1.47. The van der Waals surface area contributed by atoms with Crippen LogP contribution in [0.4, 0.5) is 0 Å². The Balaban J connectivity index is 2.49. The van der Waals surface area contributed by atoms with E-state index in [0.717, 1.165) is 11.1 Å². The van der Waals surface area contributed by atoms with E-state index in [4.69, 9.17) is 5.26 Å². The zero-order valence-electron chi connectivity index (χ0n) is 6.99. The maximum atomic E-state index is 8.36. The fraction of sp³-hybridized carbons (Fsp3) is 0. The molecule has 0 saturated heterocycles. The topological polar surface area (TPSA) is 39.6 Å². The van der Waals surface area contributed by atoms with Gasteiger partial charge >= 0.3 is 0 Å². The van der Waals surface area contributed by atoms with Crippen molar-refractivity contribution in [2.45, 2.75) is 0 Å². The summed E-state index contributed by atoms with van der Waals surface area (Å²) in [5.74, 6) is 0. The smallest absolute Gasteiger partial charge is 0.0912 e. The molecule has 2 heteroatoms. The molecule has 62 valence electrons. The number of fused-ring (bicyclic) bond motifs is 1. The van der Waals surface area contributed by atoms with Gasteiger partial charge in [-0.1, -0.05) is 12.1 Å². The number of aromatic nitrogens is 1. The van der Waals surface area contributed by atoms with Crippen molar-refractivity contribution in [3.05, 3.63) is 42.1 Å². The van der Waals surface area contributed by atoms with E-state index in [-0.39, 0.29) is 0 Å². The van der Waals surface area contributed by atoms with Crippen LogP contribution >= 0.6 is 0 Å². The standard InChI is InChI=1S/C11H8N2/c12-6-1-2-9-3-4-10-5-7-13-11(10)8-9/h1-5,7-8,13H. The van der Waals surface area contributed by atoms with Crippen molar-refractivity contribution < 1.29 is 0 Å². The van der Waals surface area contributed by atoms with Gasteiger partial charge in [-0.2, -0.15) is 5.26 Å². The van der Waals surface area contributed by atoms with E-state index in [1.807, 2.05) is 36.5 Å². The van der Waals surface area contributed by atoms with Crippen molar-refractivity contribution in [1.82, 2.24) is 4.98 Å². The number of rotatable bonds is 1. The zero-order valence-corrected chi connectivity index (χ0v) is 6.99. The minimum absolute atomic E-state index is 1.04. The molecule has 0 unspecified atom stereocenters. The minimum Gasteiger partial charge on any atom is -0.361 e. The molecular formula is C11H8N2. The van der Waals surface area contributed by atoms with Gasteiger partial charge in [0.1, 0.15) is 0 Å². The summed E-state index contributed by atoms with van der Waals surface area (Å²) in [4.78, 5) is 3.12. The van der Waals surface area contributed by atoms with E-state index < -0.39 is 0 Å². The van der Waals surface area contributed by atoms with E-state index in [1.54, 1.807) is 6.08 Å². The molecule has 0 aliphatic heterocycles. The molecule has 0 atom stereocenters. The van der Waals surface area contributed by atoms with Crippen LogP contribution in [-0.2, 0) is 0 Å². The normalized spacial score (nSPS) is 10.7. The summed E-state index contributed by atoms with van der Waals surface area (Å²) >= 11 is 0. The predicted molar refractivity (Wildman–Crippen MR) is 52.9 cm³/mol. The van der Waals surface area contributed by atoms with Gasteiger partial charge in [0.25, 0.3) is 0 Å². The maximum Gasteiger partial charge on any atom is 0.0912 e. The highest BCUT2D eigenvalue weighted by molar-refractivity contribution is 5.81. The van der Waals surface area contributed by atoms with Crippen LogP contribution in [0.2, 0.25) is 0 Å². The molecule has 2 rings (SSSR count). The fourth-order valence-electron chi connectivity index (χ4n) is 1.30. The van der Waals surface area contributed by atoms with Crippen molar-refractivity contribution in [2.24, 2.45) is 0 Å². The van der Waals surface area contributed by atoms with Crippen molar-refractivity contribution in [3.8, 4) is 6.07 Å². The summed E-state index contributed by atoms with van der Waals surface area (Å²) < 4.78 is 0. The Morgan fingerprint density at radius 3 is 3.08 bits per heavy atom. The first kappa shape index (κ1) is 7.63. The number of allylic oxidation sites excluding steroid dienone is 1. The Hall–Kier alpha value is -2.01. The number of hydrogen-bond donors (Lipinski definition) is 1. The molecule has 1 aromatic heterocycles. The van der Waals surface area contributed by atoms with E-state index in [9.17, 15) is 0 Å². The molecule has 0 radical (unpaired) electrons. The van der Waals surface area contributed by atoms with Gasteiger partial charge in [-0.15, -0.1) is 0 Å². The van der Waals surface area contributed by atoms with Gasteiger partial charge in [0.05, 0.1) is 6.07 Å². The third kappa shape index (κ3) is 1.45. The lowest BCUT2D eigenvalue weighted by Crippen LogP contribution is -1.72. The Morgan fingerprint density at radius 1 is 1.31 bits per heavy atom. The number of aromatic amines is 1. The van der Waals surface area contributed by atoms with Crippen molar-refractivity contribution in [1.29, 1.82) is 5.26 Å². The average molecular weight is 168 g/mol.